The van der Waals surface area contributed by atoms with Crippen LogP contribution in [-0.2, 0) is 11.2 Å². The number of hydrogen-bond donors (Lipinski definition) is 1. The standard InChI is InChI=1S/C19H34N4OS.HI/c1-4-20-19(23(3)12-8-17-9-13-24-14-10-17)21-11-6-5-7-18-22-16(2)15-25-18;/h15,17H,4-14H2,1-3H3,(H,20,21);1H. The molecule has 1 aliphatic heterocycles. The Morgan fingerprint density at radius 3 is 2.81 bits per heavy atom. The van der Waals surface area contributed by atoms with E-state index in [1.165, 1.54) is 24.3 Å². The molecule has 2 rings (SSSR count). The zero-order valence-electron chi connectivity index (χ0n) is 16.5. The molecule has 1 aliphatic rings. The van der Waals surface area contributed by atoms with Gasteiger partial charge in [0.1, 0.15) is 0 Å². The lowest BCUT2D eigenvalue weighted by Crippen LogP contribution is -2.40. The maximum Gasteiger partial charge on any atom is 0.193 e. The molecule has 2 heterocycles. The molecule has 5 nitrogen and oxygen atoms in total. The predicted octanol–water partition coefficient (Wildman–Crippen LogP) is 4.11. The second kappa shape index (κ2) is 13.7. The average Bonchev–Trinajstić information content (AvgIpc) is 3.04. The number of thiazole rings is 1. The maximum absolute atomic E-state index is 5.45. The van der Waals surface area contributed by atoms with Gasteiger partial charge in [-0.3, -0.25) is 4.99 Å². The highest BCUT2D eigenvalue weighted by Gasteiger charge is 2.15. The van der Waals surface area contributed by atoms with Gasteiger partial charge in [-0.1, -0.05) is 0 Å². The van der Waals surface area contributed by atoms with Gasteiger partial charge in [-0.15, -0.1) is 35.3 Å². The first kappa shape index (κ1) is 23.6. The normalized spacial score (nSPS) is 15.6. The Hall–Kier alpha value is -0.410. The molecule has 0 aliphatic carbocycles. The number of aliphatic imine (C=N–C) groups is 1. The third-order valence-corrected chi connectivity index (χ3v) is 5.66. The molecule has 0 aromatic carbocycles. The number of aryl methyl sites for hydroxylation is 2. The average molecular weight is 494 g/mol. The molecule has 0 amide bonds. The van der Waals surface area contributed by atoms with Gasteiger partial charge in [-0.05, 0) is 58.3 Å². The number of nitrogens with one attached hydrogen (secondary N) is 1. The predicted molar refractivity (Wildman–Crippen MR) is 122 cm³/mol. The third-order valence-electron chi connectivity index (χ3n) is 4.64. The highest BCUT2D eigenvalue weighted by Crippen LogP contribution is 2.18. The number of unbranched alkanes of at least 4 members (excludes halogenated alkanes) is 1. The van der Waals surface area contributed by atoms with Gasteiger partial charge in [0.25, 0.3) is 0 Å². The van der Waals surface area contributed by atoms with E-state index in [1.54, 1.807) is 11.3 Å². The fourth-order valence-corrected chi connectivity index (χ4v) is 3.90. The Labute approximate surface area is 180 Å². The van der Waals surface area contributed by atoms with Crippen molar-refractivity contribution in [2.45, 2.75) is 52.4 Å². The minimum Gasteiger partial charge on any atom is -0.381 e. The quantitative estimate of drug-likeness (QED) is 0.243. The van der Waals surface area contributed by atoms with Crippen LogP contribution in [0.4, 0.5) is 0 Å². The summed E-state index contributed by atoms with van der Waals surface area (Å²) in [7, 11) is 2.15. The number of aromatic nitrogens is 1. The van der Waals surface area contributed by atoms with Crippen LogP contribution in [0.25, 0.3) is 0 Å². The van der Waals surface area contributed by atoms with Crippen molar-refractivity contribution < 1.29 is 4.74 Å². The Balaban J connectivity index is 0.00000338. The summed E-state index contributed by atoms with van der Waals surface area (Å²) >= 11 is 1.77. The van der Waals surface area contributed by atoms with Crippen LogP contribution in [-0.4, -0.2) is 55.7 Å². The summed E-state index contributed by atoms with van der Waals surface area (Å²) in [4.78, 5) is 11.6. The lowest BCUT2D eigenvalue weighted by molar-refractivity contribution is 0.0625. The molecule has 1 N–H and O–H groups in total. The van der Waals surface area contributed by atoms with Crippen molar-refractivity contribution in [2.75, 3.05) is 39.9 Å². The first-order valence-electron chi connectivity index (χ1n) is 9.67. The zero-order valence-corrected chi connectivity index (χ0v) is 19.6. The van der Waals surface area contributed by atoms with Crippen molar-refractivity contribution in [3.63, 3.8) is 0 Å². The van der Waals surface area contributed by atoms with Gasteiger partial charge >= 0.3 is 0 Å². The van der Waals surface area contributed by atoms with E-state index in [0.717, 1.165) is 69.7 Å². The minimum atomic E-state index is 0. The van der Waals surface area contributed by atoms with Gasteiger partial charge in [0.15, 0.2) is 5.96 Å². The van der Waals surface area contributed by atoms with Crippen LogP contribution >= 0.6 is 35.3 Å². The summed E-state index contributed by atoms with van der Waals surface area (Å²) in [6.07, 6.45) is 6.98. The first-order valence-corrected chi connectivity index (χ1v) is 10.5. The van der Waals surface area contributed by atoms with Crippen molar-refractivity contribution in [3.05, 3.63) is 16.1 Å². The van der Waals surface area contributed by atoms with E-state index in [1.807, 2.05) is 0 Å². The first-order chi connectivity index (χ1) is 12.2. The second-order valence-electron chi connectivity index (χ2n) is 6.84. The van der Waals surface area contributed by atoms with Crippen LogP contribution in [0.15, 0.2) is 10.4 Å². The SMILES string of the molecule is CCNC(=NCCCCc1nc(C)cs1)N(C)CCC1CCOCC1.I. The van der Waals surface area contributed by atoms with Crippen molar-refractivity contribution in [2.24, 2.45) is 10.9 Å². The number of halogens is 1. The molecule has 7 heteroatoms. The molecule has 1 saturated heterocycles. The summed E-state index contributed by atoms with van der Waals surface area (Å²) in [5.74, 6) is 1.85. The van der Waals surface area contributed by atoms with Crippen LogP contribution in [0.2, 0.25) is 0 Å². The van der Waals surface area contributed by atoms with E-state index in [-0.39, 0.29) is 24.0 Å². The molecule has 150 valence electrons. The van der Waals surface area contributed by atoms with Crippen LogP contribution < -0.4 is 5.32 Å². The third kappa shape index (κ3) is 8.99. The molecule has 1 fully saturated rings. The van der Waals surface area contributed by atoms with E-state index >= 15 is 0 Å². The molecule has 1 aromatic heterocycles. The van der Waals surface area contributed by atoms with E-state index < -0.39 is 0 Å². The van der Waals surface area contributed by atoms with Crippen LogP contribution in [0.1, 0.15) is 49.7 Å². The molecular formula is C19H35IN4OS. The Morgan fingerprint density at radius 1 is 1.38 bits per heavy atom. The van der Waals surface area contributed by atoms with Gasteiger partial charge in [0, 0.05) is 51.0 Å². The molecule has 1 aromatic rings. The zero-order chi connectivity index (χ0) is 17.9. The van der Waals surface area contributed by atoms with Crippen molar-refractivity contribution in [3.8, 4) is 0 Å². The fourth-order valence-electron chi connectivity index (χ4n) is 3.08. The van der Waals surface area contributed by atoms with E-state index in [0.29, 0.717) is 0 Å². The summed E-state index contributed by atoms with van der Waals surface area (Å²) in [5, 5.41) is 6.80. The van der Waals surface area contributed by atoms with E-state index in [2.05, 4.69) is 41.5 Å². The molecule has 0 spiro atoms. The summed E-state index contributed by atoms with van der Waals surface area (Å²) in [6.45, 7) is 8.92. The molecule has 0 atom stereocenters. The van der Waals surface area contributed by atoms with Gasteiger partial charge in [-0.25, -0.2) is 4.98 Å². The van der Waals surface area contributed by atoms with Gasteiger partial charge < -0.3 is 15.0 Å². The Morgan fingerprint density at radius 2 is 2.15 bits per heavy atom. The highest BCUT2D eigenvalue weighted by molar-refractivity contribution is 14.0. The maximum atomic E-state index is 5.45. The minimum absolute atomic E-state index is 0. The van der Waals surface area contributed by atoms with Crippen molar-refractivity contribution in [1.29, 1.82) is 0 Å². The number of ether oxygens (including phenoxy) is 1. The fraction of sp³-hybridized carbons (Fsp3) is 0.789. The largest absolute Gasteiger partial charge is 0.381 e. The molecule has 0 radical (unpaired) electrons. The van der Waals surface area contributed by atoms with Gasteiger partial charge in [0.2, 0.25) is 0 Å². The summed E-state index contributed by atoms with van der Waals surface area (Å²) < 4.78 is 5.45. The lowest BCUT2D eigenvalue weighted by Gasteiger charge is -2.26. The van der Waals surface area contributed by atoms with E-state index in [4.69, 9.17) is 9.73 Å². The topological polar surface area (TPSA) is 49.8 Å². The number of rotatable bonds is 9. The molecule has 0 unspecified atom stereocenters. The van der Waals surface area contributed by atoms with Gasteiger partial charge in [-0.2, -0.15) is 0 Å². The van der Waals surface area contributed by atoms with Crippen LogP contribution in [0.5, 0.6) is 0 Å². The number of hydrogen-bond acceptors (Lipinski definition) is 4. The molecule has 0 bridgehead atoms. The lowest BCUT2D eigenvalue weighted by atomic mass is 9.96. The molecular weight excluding hydrogens is 459 g/mol. The van der Waals surface area contributed by atoms with Crippen LogP contribution in [0.3, 0.4) is 0 Å². The van der Waals surface area contributed by atoms with E-state index in [9.17, 15) is 0 Å². The number of guanidine groups is 1. The summed E-state index contributed by atoms with van der Waals surface area (Å²) in [6, 6.07) is 0. The van der Waals surface area contributed by atoms with Crippen molar-refractivity contribution >= 4 is 41.3 Å². The van der Waals surface area contributed by atoms with Crippen molar-refractivity contribution in [1.82, 2.24) is 15.2 Å². The number of nitrogens with zero attached hydrogens (tertiary/aromatic N) is 3. The molecule has 0 saturated carbocycles. The Kier molecular flexibility index (Phi) is 12.5. The highest BCUT2D eigenvalue weighted by atomic mass is 127. The monoisotopic (exact) mass is 494 g/mol. The van der Waals surface area contributed by atoms with Gasteiger partial charge in [0.05, 0.1) is 5.01 Å². The summed E-state index contributed by atoms with van der Waals surface area (Å²) in [5.41, 5.74) is 1.14. The smallest absolute Gasteiger partial charge is 0.193 e. The molecule has 26 heavy (non-hydrogen) atoms. The second-order valence-corrected chi connectivity index (χ2v) is 7.78. The Bertz CT molecular complexity index is 517. The van der Waals surface area contributed by atoms with Crippen LogP contribution in [0, 0.1) is 12.8 Å².